The lowest BCUT2D eigenvalue weighted by atomic mass is 10.2. The number of aromatic amines is 1. The molecule has 0 unspecified atom stereocenters. The van der Waals surface area contributed by atoms with E-state index in [0.29, 0.717) is 17.6 Å². The molecule has 7 nitrogen and oxygen atoms in total. The number of aromatic nitrogens is 4. The van der Waals surface area contributed by atoms with Gasteiger partial charge in [-0.1, -0.05) is 0 Å². The smallest absolute Gasteiger partial charge is 0.298 e. The maximum atomic E-state index is 12.1. The van der Waals surface area contributed by atoms with Gasteiger partial charge in [0.2, 0.25) is 0 Å². The SMILES string of the molecule is CCOc1nc2nn(-c3c(C)cc(OC)cc3Br)cc2c(=O)[nH]1. The van der Waals surface area contributed by atoms with Gasteiger partial charge in [0.25, 0.3) is 11.6 Å². The number of methoxy groups -OCH3 is 1. The van der Waals surface area contributed by atoms with Gasteiger partial charge in [0, 0.05) is 10.7 Å². The first-order chi connectivity index (χ1) is 11.0. The van der Waals surface area contributed by atoms with Crippen molar-refractivity contribution in [2.75, 3.05) is 13.7 Å². The molecule has 0 amide bonds. The number of H-pyrrole nitrogens is 1. The fraction of sp³-hybridized carbons (Fsp3) is 0.267. The van der Waals surface area contributed by atoms with Gasteiger partial charge in [-0.3, -0.25) is 9.78 Å². The van der Waals surface area contributed by atoms with Crippen molar-refractivity contribution < 1.29 is 9.47 Å². The van der Waals surface area contributed by atoms with E-state index in [1.165, 1.54) is 0 Å². The summed E-state index contributed by atoms with van der Waals surface area (Å²) in [5.41, 5.74) is 1.82. The Bertz CT molecular complexity index is 909. The average Bonchev–Trinajstić information content (AvgIpc) is 2.90. The fourth-order valence-electron chi connectivity index (χ4n) is 2.33. The topological polar surface area (TPSA) is 82.0 Å². The van der Waals surface area contributed by atoms with Crippen molar-refractivity contribution in [1.82, 2.24) is 19.7 Å². The van der Waals surface area contributed by atoms with E-state index < -0.39 is 0 Å². The normalized spacial score (nSPS) is 11.0. The lowest BCUT2D eigenvalue weighted by Crippen LogP contribution is -2.09. The van der Waals surface area contributed by atoms with E-state index in [9.17, 15) is 4.79 Å². The fourth-order valence-corrected chi connectivity index (χ4v) is 3.05. The minimum Gasteiger partial charge on any atom is -0.497 e. The molecular formula is C15H15BrN4O3. The Kier molecular flexibility index (Phi) is 4.08. The van der Waals surface area contributed by atoms with Crippen molar-refractivity contribution in [1.29, 1.82) is 0 Å². The van der Waals surface area contributed by atoms with Gasteiger partial charge in [-0.15, -0.1) is 5.10 Å². The average molecular weight is 379 g/mol. The summed E-state index contributed by atoms with van der Waals surface area (Å²) in [6, 6.07) is 3.91. The molecule has 0 radical (unpaired) electrons. The van der Waals surface area contributed by atoms with Crippen molar-refractivity contribution in [3.63, 3.8) is 0 Å². The molecule has 0 aliphatic rings. The van der Waals surface area contributed by atoms with Gasteiger partial charge < -0.3 is 9.47 Å². The van der Waals surface area contributed by atoms with Crippen LogP contribution in [0.1, 0.15) is 12.5 Å². The third-order valence-corrected chi connectivity index (χ3v) is 3.95. The standard InChI is InChI=1S/C15H15BrN4O3/c1-4-23-15-17-13-10(14(21)18-15)7-20(19-13)12-8(2)5-9(22-3)6-11(12)16/h5-7H,4H2,1-3H3,(H,17,18,19,21). The minimum atomic E-state index is -0.285. The second kappa shape index (κ2) is 6.04. The van der Waals surface area contributed by atoms with E-state index in [-0.39, 0.29) is 11.6 Å². The number of rotatable bonds is 4. The molecule has 0 saturated heterocycles. The lowest BCUT2D eigenvalue weighted by Gasteiger charge is -2.10. The monoisotopic (exact) mass is 378 g/mol. The molecule has 0 aliphatic heterocycles. The second-order valence-electron chi connectivity index (χ2n) is 4.89. The molecule has 2 aromatic heterocycles. The molecular weight excluding hydrogens is 364 g/mol. The van der Waals surface area contributed by atoms with Crippen LogP contribution in [-0.2, 0) is 0 Å². The van der Waals surface area contributed by atoms with Crippen molar-refractivity contribution in [2.24, 2.45) is 0 Å². The molecule has 0 saturated carbocycles. The van der Waals surface area contributed by atoms with E-state index in [1.54, 1.807) is 18.0 Å². The van der Waals surface area contributed by atoms with Gasteiger partial charge >= 0.3 is 0 Å². The Morgan fingerprint density at radius 1 is 1.39 bits per heavy atom. The molecule has 1 N–H and O–H groups in total. The lowest BCUT2D eigenvalue weighted by molar-refractivity contribution is 0.313. The molecule has 0 bridgehead atoms. The predicted octanol–water partition coefficient (Wildman–Crippen LogP) is 2.59. The minimum absolute atomic E-state index is 0.167. The highest BCUT2D eigenvalue weighted by Crippen LogP contribution is 2.30. The number of hydrogen-bond donors (Lipinski definition) is 1. The van der Waals surface area contributed by atoms with Gasteiger partial charge in [0.1, 0.15) is 11.1 Å². The molecule has 0 fully saturated rings. The number of hydrogen-bond acceptors (Lipinski definition) is 5. The van der Waals surface area contributed by atoms with E-state index in [4.69, 9.17) is 9.47 Å². The Balaban J connectivity index is 2.18. The summed E-state index contributed by atoms with van der Waals surface area (Å²) in [5.74, 6) is 0.740. The van der Waals surface area contributed by atoms with Crippen LogP contribution in [0, 0.1) is 6.92 Å². The maximum Gasteiger partial charge on any atom is 0.298 e. The first kappa shape index (κ1) is 15.5. The van der Waals surface area contributed by atoms with Crippen LogP contribution in [0.3, 0.4) is 0 Å². The third kappa shape index (κ3) is 2.81. The van der Waals surface area contributed by atoms with E-state index in [0.717, 1.165) is 21.5 Å². The zero-order valence-electron chi connectivity index (χ0n) is 12.9. The zero-order valence-corrected chi connectivity index (χ0v) is 14.5. The van der Waals surface area contributed by atoms with E-state index in [2.05, 4.69) is 31.0 Å². The molecule has 1 aromatic carbocycles. The van der Waals surface area contributed by atoms with Crippen LogP contribution in [0.5, 0.6) is 11.8 Å². The highest BCUT2D eigenvalue weighted by Gasteiger charge is 2.14. The van der Waals surface area contributed by atoms with Crippen LogP contribution in [-0.4, -0.2) is 33.5 Å². The molecule has 3 aromatic rings. The number of fused-ring (bicyclic) bond motifs is 1. The number of aryl methyl sites for hydroxylation is 1. The number of ether oxygens (including phenoxy) is 2. The highest BCUT2D eigenvalue weighted by atomic mass is 79.9. The Morgan fingerprint density at radius 2 is 2.17 bits per heavy atom. The number of nitrogens with one attached hydrogen (secondary N) is 1. The Labute approximate surface area is 140 Å². The predicted molar refractivity (Wildman–Crippen MR) is 89.6 cm³/mol. The third-order valence-electron chi connectivity index (χ3n) is 3.34. The number of benzene rings is 1. The molecule has 8 heteroatoms. The van der Waals surface area contributed by atoms with Gasteiger partial charge in [0.15, 0.2) is 5.65 Å². The summed E-state index contributed by atoms with van der Waals surface area (Å²) in [4.78, 5) is 18.9. The molecule has 120 valence electrons. The van der Waals surface area contributed by atoms with E-state index >= 15 is 0 Å². The van der Waals surface area contributed by atoms with Gasteiger partial charge in [-0.25, -0.2) is 4.68 Å². The van der Waals surface area contributed by atoms with Crippen LogP contribution in [0.2, 0.25) is 0 Å². The summed E-state index contributed by atoms with van der Waals surface area (Å²) < 4.78 is 12.9. The summed E-state index contributed by atoms with van der Waals surface area (Å²) in [6.07, 6.45) is 1.65. The molecule has 23 heavy (non-hydrogen) atoms. The quantitative estimate of drug-likeness (QED) is 0.754. The summed E-state index contributed by atoms with van der Waals surface area (Å²) >= 11 is 3.52. The molecule has 0 atom stereocenters. The van der Waals surface area contributed by atoms with Crippen LogP contribution in [0.25, 0.3) is 16.7 Å². The van der Waals surface area contributed by atoms with Gasteiger partial charge in [-0.2, -0.15) is 4.98 Å². The zero-order chi connectivity index (χ0) is 16.6. The summed E-state index contributed by atoms with van der Waals surface area (Å²) in [6.45, 7) is 4.18. The Hall–Kier alpha value is -2.35. The summed E-state index contributed by atoms with van der Waals surface area (Å²) in [5, 5.41) is 4.80. The van der Waals surface area contributed by atoms with Crippen molar-refractivity contribution in [2.45, 2.75) is 13.8 Å². The number of halogens is 1. The van der Waals surface area contributed by atoms with Crippen LogP contribution in [0.4, 0.5) is 0 Å². The van der Waals surface area contributed by atoms with E-state index in [1.807, 2.05) is 26.0 Å². The van der Waals surface area contributed by atoms with Crippen molar-refractivity contribution >= 4 is 27.0 Å². The van der Waals surface area contributed by atoms with Gasteiger partial charge in [-0.05, 0) is 47.5 Å². The largest absolute Gasteiger partial charge is 0.497 e. The first-order valence-electron chi connectivity index (χ1n) is 7.00. The summed E-state index contributed by atoms with van der Waals surface area (Å²) in [7, 11) is 1.61. The molecule has 0 spiro atoms. The Morgan fingerprint density at radius 3 is 2.83 bits per heavy atom. The van der Waals surface area contributed by atoms with Crippen molar-refractivity contribution in [3.05, 3.63) is 38.7 Å². The van der Waals surface area contributed by atoms with Crippen LogP contribution in [0.15, 0.2) is 27.6 Å². The van der Waals surface area contributed by atoms with Gasteiger partial charge in [0.05, 0.1) is 19.4 Å². The molecule has 0 aliphatic carbocycles. The van der Waals surface area contributed by atoms with Crippen LogP contribution < -0.4 is 15.0 Å². The second-order valence-corrected chi connectivity index (χ2v) is 5.74. The maximum absolute atomic E-state index is 12.1. The molecule has 2 heterocycles. The number of nitrogens with zero attached hydrogens (tertiary/aromatic N) is 3. The highest BCUT2D eigenvalue weighted by molar-refractivity contribution is 9.10. The van der Waals surface area contributed by atoms with Crippen LogP contribution >= 0.6 is 15.9 Å². The molecule has 3 rings (SSSR count). The first-order valence-corrected chi connectivity index (χ1v) is 7.79. The van der Waals surface area contributed by atoms with Crippen molar-refractivity contribution in [3.8, 4) is 17.4 Å².